The SMILES string of the molecule is CSCc1ccc(C(=O)NCC(=O)Nc2ccc(Br)cc2C)cc1. The molecule has 0 fully saturated rings. The average Bonchev–Trinajstić information content (AvgIpc) is 2.56. The predicted octanol–water partition coefficient (Wildman–Crippen LogP) is 3.99. The maximum Gasteiger partial charge on any atom is 0.251 e. The molecule has 24 heavy (non-hydrogen) atoms. The van der Waals surface area contributed by atoms with Gasteiger partial charge in [-0.25, -0.2) is 0 Å². The van der Waals surface area contributed by atoms with Crippen molar-refractivity contribution in [3.8, 4) is 0 Å². The van der Waals surface area contributed by atoms with E-state index < -0.39 is 0 Å². The van der Waals surface area contributed by atoms with Gasteiger partial charge in [-0.3, -0.25) is 9.59 Å². The molecule has 2 rings (SSSR count). The van der Waals surface area contributed by atoms with Crippen molar-refractivity contribution in [2.75, 3.05) is 18.1 Å². The zero-order valence-electron chi connectivity index (χ0n) is 13.6. The fourth-order valence-electron chi connectivity index (χ4n) is 2.14. The van der Waals surface area contributed by atoms with E-state index in [2.05, 4.69) is 26.6 Å². The monoisotopic (exact) mass is 406 g/mol. The van der Waals surface area contributed by atoms with Crippen LogP contribution < -0.4 is 10.6 Å². The molecule has 0 aliphatic carbocycles. The maximum atomic E-state index is 12.1. The normalized spacial score (nSPS) is 10.3. The van der Waals surface area contributed by atoms with Crippen molar-refractivity contribution in [2.45, 2.75) is 12.7 Å². The molecular weight excluding hydrogens is 388 g/mol. The first-order chi connectivity index (χ1) is 11.5. The number of thioether (sulfide) groups is 1. The lowest BCUT2D eigenvalue weighted by Gasteiger charge is -2.10. The Bertz CT molecular complexity index is 732. The van der Waals surface area contributed by atoms with Gasteiger partial charge in [-0.05, 0) is 54.6 Å². The number of hydrogen-bond donors (Lipinski definition) is 2. The third-order valence-electron chi connectivity index (χ3n) is 3.40. The van der Waals surface area contributed by atoms with Gasteiger partial charge >= 0.3 is 0 Å². The lowest BCUT2D eigenvalue weighted by Crippen LogP contribution is -2.33. The summed E-state index contributed by atoms with van der Waals surface area (Å²) in [4.78, 5) is 24.1. The summed E-state index contributed by atoms with van der Waals surface area (Å²) in [6, 6.07) is 13.0. The minimum atomic E-state index is -0.257. The van der Waals surface area contributed by atoms with Gasteiger partial charge in [0.15, 0.2) is 0 Å². The van der Waals surface area contributed by atoms with Crippen LogP contribution in [0, 0.1) is 6.92 Å². The quantitative estimate of drug-likeness (QED) is 0.762. The molecule has 2 aromatic rings. The Kier molecular flexibility index (Phi) is 6.87. The molecule has 0 aliphatic heterocycles. The molecule has 0 spiro atoms. The summed E-state index contributed by atoms with van der Waals surface area (Å²) in [6.45, 7) is 1.84. The molecule has 0 aliphatic rings. The smallest absolute Gasteiger partial charge is 0.251 e. The van der Waals surface area contributed by atoms with Crippen molar-refractivity contribution in [1.82, 2.24) is 5.32 Å². The van der Waals surface area contributed by atoms with Crippen LogP contribution in [0.5, 0.6) is 0 Å². The summed E-state index contributed by atoms with van der Waals surface area (Å²) in [7, 11) is 0. The van der Waals surface area contributed by atoms with Crippen molar-refractivity contribution < 1.29 is 9.59 Å². The number of anilines is 1. The van der Waals surface area contributed by atoms with Crippen LogP contribution in [0.2, 0.25) is 0 Å². The van der Waals surface area contributed by atoms with E-state index in [9.17, 15) is 9.59 Å². The van der Waals surface area contributed by atoms with Crippen molar-refractivity contribution >= 4 is 45.2 Å². The number of hydrogen-bond acceptors (Lipinski definition) is 3. The molecule has 4 nitrogen and oxygen atoms in total. The summed E-state index contributed by atoms with van der Waals surface area (Å²) in [6.07, 6.45) is 2.03. The van der Waals surface area contributed by atoms with Crippen molar-refractivity contribution in [3.05, 3.63) is 63.6 Å². The molecule has 0 saturated heterocycles. The lowest BCUT2D eigenvalue weighted by molar-refractivity contribution is -0.115. The van der Waals surface area contributed by atoms with Crippen molar-refractivity contribution in [1.29, 1.82) is 0 Å². The van der Waals surface area contributed by atoms with E-state index in [4.69, 9.17) is 0 Å². The zero-order chi connectivity index (χ0) is 17.5. The van der Waals surface area contributed by atoms with Crippen LogP contribution in [-0.2, 0) is 10.5 Å². The molecule has 0 aromatic heterocycles. The van der Waals surface area contributed by atoms with E-state index in [-0.39, 0.29) is 18.4 Å². The second kappa shape index (κ2) is 8.89. The fraction of sp³-hybridized carbons (Fsp3) is 0.222. The Hall–Kier alpha value is -1.79. The number of halogens is 1. The topological polar surface area (TPSA) is 58.2 Å². The number of aryl methyl sites for hydroxylation is 1. The Balaban J connectivity index is 1.87. The molecule has 0 saturated carbocycles. The van der Waals surface area contributed by atoms with E-state index in [1.165, 1.54) is 5.56 Å². The third-order valence-corrected chi connectivity index (χ3v) is 4.51. The molecule has 126 valence electrons. The lowest BCUT2D eigenvalue weighted by atomic mass is 10.1. The van der Waals surface area contributed by atoms with E-state index in [1.807, 2.05) is 43.5 Å². The van der Waals surface area contributed by atoms with Gasteiger partial charge in [0.1, 0.15) is 0 Å². The Morgan fingerprint density at radius 1 is 1.12 bits per heavy atom. The number of nitrogens with one attached hydrogen (secondary N) is 2. The van der Waals surface area contributed by atoms with Gasteiger partial charge in [0, 0.05) is 21.5 Å². The molecule has 6 heteroatoms. The molecule has 0 heterocycles. The first kappa shape index (κ1) is 18.5. The van der Waals surface area contributed by atoms with Crippen molar-refractivity contribution in [3.63, 3.8) is 0 Å². The van der Waals surface area contributed by atoms with Gasteiger partial charge in [-0.1, -0.05) is 28.1 Å². The molecule has 0 atom stereocenters. The first-order valence-electron chi connectivity index (χ1n) is 7.41. The van der Waals surface area contributed by atoms with Gasteiger partial charge in [0.25, 0.3) is 5.91 Å². The number of rotatable bonds is 6. The second-order valence-corrected chi connectivity index (χ2v) is 7.10. The van der Waals surface area contributed by atoms with Crippen LogP contribution in [0.4, 0.5) is 5.69 Å². The van der Waals surface area contributed by atoms with Crippen LogP contribution in [-0.4, -0.2) is 24.6 Å². The number of benzene rings is 2. The van der Waals surface area contributed by atoms with Crippen LogP contribution in [0.1, 0.15) is 21.5 Å². The Labute approximate surface area is 154 Å². The third kappa shape index (κ3) is 5.39. The highest BCUT2D eigenvalue weighted by molar-refractivity contribution is 9.10. The number of amides is 2. The van der Waals surface area contributed by atoms with E-state index in [0.717, 1.165) is 21.5 Å². The highest BCUT2D eigenvalue weighted by Gasteiger charge is 2.09. The standard InChI is InChI=1S/C18H19BrN2O2S/c1-12-9-15(19)7-8-16(12)21-17(22)10-20-18(23)14-5-3-13(4-6-14)11-24-2/h3-9H,10-11H2,1-2H3,(H,20,23)(H,21,22). The van der Waals surface area contributed by atoms with Gasteiger partial charge in [-0.2, -0.15) is 11.8 Å². The summed E-state index contributed by atoms with van der Waals surface area (Å²) in [5, 5.41) is 5.43. The van der Waals surface area contributed by atoms with E-state index >= 15 is 0 Å². The van der Waals surface area contributed by atoms with Crippen LogP contribution in [0.3, 0.4) is 0 Å². The summed E-state index contributed by atoms with van der Waals surface area (Å²) in [5.41, 5.74) is 3.40. The molecule has 2 N–H and O–H groups in total. The Morgan fingerprint density at radius 2 is 1.83 bits per heavy atom. The zero-order valence-corrected chi connectivity index (χ0v) is 16.0. The largest absolute Gasteiger partial charge is 0.343 e. The molecule has 2 aromatic carbocycles. The maximum absolute atomic E-state index is 12.1. The molecular formula is C18H19BrN2O2S. The minimum Gasteiger partial charge on any atom is -0.343 e. The average molecular weight is 407 g/mol. The second-order valence-electron chi connectivity index (χ2n) is 5.32. The van der Waals surface area contributed by atoms with Crippen LogP contribution in [0.25, 0.3) is 0 Å². The predicted molar refractivity (Wildman–Crippen MR) is 104 cm³/mol. The highest BCUT2D eigenvalue weighted by atomic mass is 79.9. The molecule has 0 radical (unpaired) electrons. The summed E-state index contributed by atoms with van der Waals surface area (Å²) in [5.74, 6) is 0.401. The van der Waals surface area contributed by atoms with Gasteiger partial charge < -0.3 is 10.6 Å². The molecule has 0 bridgehead atoms. The minimum absolute atomic E-state index is 0.0686. The van der Waals surface area contributed by atoms with E-state index in [0.29, 0.717) is 5.56 Å². The summed E-state index contributed by atoms with van der Waals surface area (Å²) < 4.78 is 0.955. The van der Waals surface area contributed by atoms with Gasteiger partial charge in [0.2, 0.25) is 5.91 Å². The Morgan fingerprint density at radius 3 is 2.46 bits per heavy atom. The van der Waals surface area contributed by atoms with Crippen molar-refractivity contribution in [2.24, 2.45) is 0 Å². The number of carbonyl (C=O) groups excluding carboxylic acids is 2. The van der Waals surface area contributed by atoms with E-state index in [1.54, 1.807) is 23.9 Å². The highest BCUT2D eigenvalue weighted by Crippen LogP contribution is 2.19. The summed E-state index contributed by atoms with van der Waals surface area (Å²) >= 11 is 5.11. The fourth-order valence-corrected chi connectivity index (χ4v) is 3.14. The van der Waals surface area contributed by atoms with Crippen LogP contribution >= 0.6 is 27.7 Å². The number of carbonyl (C=O) groups is 2. The molecule has 2 amide bonds. The van der Waals surface area contributed by atoms with Gasteiger partial charge in [-0.15, -0.1) is 0 Å². The van der Waals surface area contributed by atoms with Gasteiger partial charge in [0.05, 0.1) is 6.54 Å². The van der Waals surface area contributed by atoms with Crippen LogP contribution in [0.15, 0.2) is 46.9 Å². The first-order valence-corrected chi connectivity index (χ1v) is 9.60. The molecule has 0 unspecified atom stereocenters.